The predicted octanol–water partition coefficient (Wildman–Crippen LogP) is 2.18. The van der Waals surface area contributed by atoms with Crippen molar-refractivity contribution in [3.63, 3.8) is 0 Å². The van der Waals surface area contributed by atoms with Gasteiger partial charge in [-0.2, -0.15) is 0 Å². The summed E-state index contributed by atoms with van der Waals surface area (Å²) in [6, 6.07) is 6.09. The Morgan fingerprint density at radius 1 is 1.48 bits per heavy atom. The molecule has 0 fully saturated rings. The summed E-state index contributed by atoms with van der Waals surface area (Å²) in [6.07, 6.45) is 3.04. The summed E-state index contributed by atoms with van der Waals surface area (Å²) >= 11 is 0. The van der Waals surface area contributed by atoms with Gasteiger partial charge in [0.15, 0.2) is 0 Å². The molecule has 1 amide bonds. The van der Waals surface area contributed by atoms with Crippen LogP contribution in [0.5, 0.6) is 5.75 Å². The van der Waals surface area contributed by atoms with E-state index in [1.165, 1.54) is 5.56 Å². The molecule has 112 valence electrons. The van der Waals surface area contributed by atoms with Crippen LogP contribution in [0.15, 0.2) is 23.4 Å². The van der Waals surface area contributed by atoms with Gasteiger partial charge >= 0.3 is 0 Å². The lowest BCUT2D eigenvalue weighted by Crippen LogP contribution is -2.34. The number of carbonyl (C=O) groups excluding carboxylic acids is 1. The van der Waals surface area contributed by atoms with E-state index in [0.29, 0.717) is 13.0 Å². The number of carbonyl (C=O) groups is 1. The van der Waals surface area contributed by atoms with Crippen molar-refractivity contribution in [2.24, 2.45) is 5.16 Å². The number of nitrogens with zero attached hydrogens (tertiary/aromatic N) is 1. The number of rotatable bonds is 4. The van der Waals surface area contributed by atoms with Crippen LogP contribution in [0.3, 0.4) is 0 Å². The quantitative estimate of drug-likeness (QED) is 0.924. The minimum absolute atomic E-state index is 0.101. The maximum atomic E-state index is 12.0. The molecule has 0 saturated heterocycles. The Bertz CT molecular complexity index is 569. The Labute approximate surface area is 124 Å². The zero-order valence-electron chi connectivity index (χ0n) is 12.2. The zero-order chi connectivity index (χ0) is 14.7. The van der Waals surface area contributed by atoms with E-state index in [1.807, 2.05) is 19.1 Å². The van der Waals surface area contributed by atoms with Crippen LogP contribution >= 0.6 is 0 Å². The van der Waals surface area contributed by atoms with Crippen molar-refractivity contribution >= 4 is 11.6 Å². The van der Waals surface area contributed by atoms with Crippen molar-refractivity contribution in [3.05, 3.63) is 29.3 Å². The van der Waals surface area contributed by atoms with E-state index >= 15 is 0 Å². The van der Waals surface area contributed by atoms with Gasteiger partial charge in [-0.05, 0) is 36.5 Å². The molecule has 5 nitrogen and oxygen atoms in total. The topological polar surface area (TPSA) is 59.9 Å². The first-order chi connectivity index (χ1) is 10.3. The summed E-state index contributed by atoms with van der Waals surface area (Å²) in [5.41, 5.74) is 3.25. The molecule has 5 heteroatoms. The standard InChI is InChI=1S/C16H20N2O3/c1-2-13-9-15(21-18-13)16(19)17-10-11-5-6-14-12(8-11)4-3-7-20-14/h5-6,8,15H,2-4,7,9-10H2,1H3,(H,17,19). The first-order valence-electron chi connectivity index (χ1n) is 7.50. The van der Waals surface area contributed by atoms with Gasteiger partial charge in [0.1, 0.15) is 5.75 Å². The van der Waals surface area contributed by atoms with Gasteiger partial charge in [0.05, 0.1) is 12.3 Å². The average molecular weight is 288 g/mol. The van der Waals surface area contributed by atoms with Crippen molar-refractivity contribution in [3.8, 4) is 5.75 Å². The van der Waals surface area contributed by atoms with Crippen molar-refractivity contribution in [1.82, 2.24) is 5.32 Å². The Hall–Kier alpha value is -2.04. The van der Waals surface area contributed by atoms with Crippen LogP contribution in [0.2, 0.25) is 0 Å². The molecule has 0 saturated carbocycles. The third-order valence-corrected chi connectivity index (χ3v) is 3.87. The monoisotopic (exact) mass is 288 g/mol. The minimum Gasteiger partial charge on any atom is -0.493 e. The molecule has 1 aromatic carbocycles. The average Bonchev–Trinajstić information content (AvgIpc) is 3.01. The van der Waals surface area contributed by atoms with E-state index in [4.69, 9.17) is 9.57 Å². The van der Waals surface area contributed by atoms with Gasteiger partial charge < -0.3 is 14.9 Å². The lowest BCUT2D eigenvalue weighted by molar-refractivity contribution is -0.131. The molecule has 3 rings (SSSR count). The Kier molecular flexibility index (Phi) is 4.08. The van der Waals surface area contributed by atoms with Crippen molar-refractivity contribution in [2.75, 3.05) is 6.61 Å². The molecule has 1 aromatic rings. The van der Waals surface area contributed by atoms with Crippen LogP contribution in [-0.2, 0) is 22.6 Å². The summed E-state index contributed by atoms with van der Waals surface area (Å²) in [5, 5.41) is 6.82. The highest BCUT2D eigenvalue weighted by atomic mass is 16.6. The van der Waals surface area contributed by atoms with Crippen LogP contribution in [0, 0.1) is 0 Å². The number of nitrogens with one attached hydrogen (secondary N) is 1. The second-order valence-corrected chi connectivity index (χ2v) is 5.42. The van der Waals surface area contributed by atoms with Gasteiger partial charge in [-0.1, -0.05) is 24.2 Å². The fourth-order valence-electron chi connectivity index (χ4n) is 2.60. The molecule has 1 N–H and O–H groups in total. The summed E-state index contributed by atoms with van der Waals surface area (Å²) in [6.45, 7) is 3.31. The summed E-state index contributed by atoms with van der Waals surface area (Å²) in [7, 11) is 0. The molecule has 2 aliphatic rings. The number of aryl methyl sites for hydroxylation is 1. The van der Waals surface area contributed by atoms with Crippen molar-refractivity contribution in [1.29, 1.82) is 0 Å². The molecule has 1 unspecified atom stereocenters. The van der Waals surface area contributed by atoms with Gasteiger partial charge in [0.2, 0.25) is 6.10 Å². The fourth-order valence-corrected chi connectivity index (χ4v) is 2.60. The molecule has 21 heavy (non-hydrogen) atoms. The van der Waals surface area contributed by atoms with E-state index in [-0.39, 0.29) is 5.91 Å². The molecule has 1 atom stereocenters. The number of hydrogen-bond acceptors (Lipinski definition) is 4. The number of oxime groups is 1. The van der Waals surface area contributed by atoms with E-state index in [9.17, 15) is 4.79 Å². The van der Waals surface area contributed by atoms with Gasteiger partial charge in [0, 0.05) is 13.0 Å². The minimum atomic E-state index is -0.471. The Morgan fingerprint density at radius 2 is 2.38 bits per heavy atom. The molecule has 0 bridgehead atoms. The first-order valence-corrected chi connectivity index (χ1v) is 7.50. The largest absolute Gasteiger partial charge is 0.493 e. The number of benzene rings is 1. The molecule has 0 spiro atoms. The van der Waals surface area contributed by atoms with Crippen molar-refractivity contribution in [2.45, 2.75) is 45.3 Å². The number of fused-ring (bicyclic) bond motifs is 1. The van der Waals surface area contributed by atoms with Crippen LogP contribution in [0.1, 0.15) is 37.3 Å². The Morgan fingerprint density at radius 3 is 3.19 bits per heavy atom. The second kappa shape index (κ2) is 6.16. The van der Waals surface area contributed by atoms with Crippen LogP contribution in [0.25, 0.3) is 0 Å². The molecule has 2 aliphatic heterocycles. The van der Waals surface area contributed by atoms with E-state index in [1.54, 1.807) is 0 Å². The highest BCUT2D eigenvalue weighted by molar-refractivity contribution is 5.92. The Balaban J connectivity index is 1.54. The van der Waals surface area contributed by atoms with Crippen LogP contribution < -0.4 is 10.1 Å². The fraction of sp³-hybridized carbons (Fsp3) is 0.500. The zero-order valence-corrected chi connectivity index (χ0v) is 12.2. The van der Waals surface area contributed by atoms with Gasteiger partial charge in [-0.3, -0.25) is 4.79 Å². The van der Waals surface area contributed by atoms with Crippen LogP contribution in [-0.4, -0.2) is 24.3 Å². The van der Waals surface area contributed by atoms with Crippen molar-refractivity contribution < 1.29 is 14.4 Å². The number of ether oxygens (including phenoxy) is 1. The SMILES string of the molecule is CCC1=NOC(C(=O)NCc2ccc3c(c2)CCCO3)C1. The maximum Gasteiger partial charge on any atom is 0.264 e. The third kappa shape index (κ3) is 3.17. The first kappa shape index (κ1) is 13.9. The van der Waals surface area contributed by atoms with E-state index < -0.39 is 6.10 Å². The van der Waals surface area contributed by atoms with Gasteiger partial charge in [-0.15, -0.1) is 0 Å². The molecule has 0 aromatic heterocycles. The predicted molar refractivity (Wildman–Crippen MR) is 79.3 cm³/mol. The van der Waals surface area contributed by atoms with Gasteiger partial charge in [-0.25, -0.2) is 0 Å². The van der Waals surface area contributed by atoms with Crippen LogP contribution in [0.4, 0.5) is 0 Å². The smallest absolute Gasteiger partial charge is 0.264 e. The molecular weight excluding hydrogens is 268 g/mol. The maximum absolute atomic E-state index is 12.0. The number of hydrogen-bond donors (Lipinski definition) is 1. The lowest BCUT2D eigenvalue weighted by atomic mass is 10.0. The van der Waals surface area contributed by atoms with E-state index in [2.05, 4.69) is 16.5 Å². The summed E-state index contributed by atoms with van der Waals surface area (Å²) < 4.78 is 5.59. The second-order valence-electron chi connectivity index (χ2n) is 5.42. The highest BCUT2D eigenvalue weighted by Gasteiger charge is 2.26. The summed E-state index contributed by atoms with van der Waals surface area (Å²) in [4.78, 5) is 17.2. The number of amides is 1. The normalized spacial score (nSPS) is 20.0. The molecule has 0 radical (unpaired) electrons. The molecular formula is C16H20N2O3. The highest BCUT2D eigenvalue weighted by Crippen LogP contribution is 2.25. The molecule has 2 heterocycles. The lowest BCUT2D eigenvalue weighted by Gasteiger charge is -2.18. The summed E-state index contributed by atoms with van der Waals surface area (Å²) in [5.74, 6) is 0.868. The third-order valence-electron chi connectivity index (χ3n) is 3.87. The van der Waals surface area contributed by atoms with Gasteiger partial charge in [0.25, 0.3) is 5.91 Å². The van der Waals surface area contributed by atoms with E-state index in [0.717, 1.165) is 42.9 Å². The molecule has 0 aliphatic carbocycles.